The number of aryl methyl sites for hydroxylation is 1. The zero-order chi connectivity index (χ0) is 23.5. The maximum absolute atomic E-state index is 13.8. The fraction of sp³-hybridized carbons (Fsp3) is 0.308. The number of hydrogen-bond donors (Lipinski definition) is 1. The monoisotopic (exact) mass is 473 g/mol. The third kappa shape index (κ3) is 4.33. The van der Waals surface area contributed by atoms with E-state index in [-0.39, 0.29) is 11.9 Å². The molecular formula is C26H27N5O2S. The average Bonchev–Trinajstić information content (AvgIpc) is 3.24. The largest absolute Gasteiger partial charge is 0.497 e. The highest BCUT2D eigenvalue weighted by Gasteiger charge is 2.31. The summed E-state index contributed by atoms with van der Waals surface area (Å²) in [6, 6.07) is 12.0. The topological polar surface area (TPSA) is 80.2 Å². The van der Waals surface area contributed by atoms with Gasteiger partial charge in [0.15, 0.2) is 0 Å². The molecule has 1 fully saturated rings. The fourth-order valence-corrected chi connectivity index (χ4v) is 5.71. The molecular weight excluding hydrogens is 446 g/mol. The number of hydrogen-bond acceptors (Lipinski definition) is 7. The van der Waals surface area contributed by atoms with Crippen molar-refractivity contribution < 1.29 is 9.53 Å². The van der Waals surface area contributed by atoms with Gasteiger partial charge in [-0.25, -0.2) is 9.97 Å². The summed E-state index contributed by atoms with van der Waals surface area (Å²) in [6.07, 6.45) is 8.28. The summed E-state index contributed by atoms with van der Waals surface area (Å²) in [4.78, 5) is 30.6. The lowest BCUT2D eigenvalue weighted by Gasteiger charge is -2.35. The smallest absolute Gasteiger partial charge is 0.264 e. The first-order chi connectivity index (χ1) is 16.7. The minimum Gasteiger partial charge on any atom is -0.497 e. The van der Waals surface area contributed by atoms with Crippen LogP contribution < -0.4 is 10.1 Å². The average molecular weight is 474 g/mol. The van der Waals surface area contributed by atoms with E-state index in [0.29, 0.717) is 6.54 Å². The number of likely N-dealkylation sites (tertiary alicyclic amines) is 1. The number of nitrogens with one attached hydrogen (secondary N) is 1. The van der Waals surface area contributed by atoms with E-state index in [0.717, 1.165) is 69.2 Å². The maximum Gasteiger partial charge on any atom is 0.264 e. The third-order valence-corrected chi connectivity index (χ3v) is 7.54. The van der Waals surface area contributed by atoms with Crippen LogP contribution in [0.25, 0.3) is 10.2 Å². The minimum atomic E-state index is 0.0521. The van der Waals surface area contributed by atoms with Gasteiger partial charge >= 0.3 is 0 Å². The molecule has 1 atom stereocenters. The van der Waals surface area contributed by atoms with E-state index in [1.54, 1.807) is 19.6 Å². The van der Waals surface area contributed by atoms with Crippen LogP contribution in [0.3, 0.4) is 0 Å². The van der Waals surface area contributed by atoms with Gasteiger partial charge in [0.2, 0.25) is 0 Å². The fourth-order valence-electron chi connectivity index (χ4n) is 4.60. The van der Waals surface area contributed by atoms with Crippen molar-refractivity contribution in [1.29, 1.82) is 0 Å². The number of pyridine rings is 1. The molecule has 1 aromatic carbocycles. The predicted molar refractivity (Wildman–Crippen MR) is 134 cm³/mol. The van der Waals surface area contributed by atoms with Crippen molar-refractivity contribution in [2.24, 2.45) is 0 Å². The Morgan fingerprint density at radius 3 is 2.97 bits per heavy atom. The Hall–Kier alpha value is -3.52. The first-order valence-corrected chi connectivity index (χ1v) is 12.3. The maximum atomic E-state index is 13.8. The van der Waals surface area contributed by atoms with E-state index in [9.17, 15) is 4.79 Å². The highest BCUT2D eigenvalue weighted by atomic mass is 32.1. The number of ether oxygens (including phenoxy) is 1. The summed E-state index contributed by atoms with van der Waals surface area (Å²) < 4.78 is 5.33. The number of rotatable bonds is 6. The molecule has 1 aliphatic heterocycles. The molecule has 4 heterocycles. The SMILES string of the molecule is COc1cccc(CNc2ncnc3sc(C(=O)N4CCCC[C@@H]4c4cccnc4)c(C)c23)c1. The molecule has 0 aliphatic carbocycles. The van der Waals surface area contributed by atoms with E-state index in [1.807, 2.05) is 48.4 Å². The number of carbonyl (C=O) groups excluding carboxylic acids is 1. The second-order valence-electron chi connectivity index (χ2n) is 8.46. The number of benzene rings is 1. The highest BCUT2D eigenvalue weighted by Crippen LogP contribution is 2.37. The van der Waals surface area contributed by atoms with E-state index < -0.39 is 0 Å². The van der Waals surface area contributed by atoms with E-state index in [4.69, 9.17) is 4.74 Å². The number of methoxy groups -OCH3 is 1. The van der Waals surface area contributed by atoms with Gasteiger partial charge in [0, 0.05) is 25.5 Å². The molecule has 1 aliphatic rings. The Bertz CT molecular complexity index is 1310. The molecule has 0 radical (unpaired) electrons. The molecule has 5 rings (SSSR count). The lowest BCUT2D eigenvalue weighted by molar-refractivity contribution is 0.0615. The van der Waals surface area contributed by atoms with Crippen LogP contribution in [-0.4, -0.2) is 39.4 Å². The highest BCUT2D eigenvalue weighted by molar-refractivity contribution is 7.20. The Kier molecular flexibility index (Phi) is 6.40. The molecule has 1 N–H and O–H groups in total. The van der Waals surface area contributed by atoms with Crippen LogP contribution in [0.2, 0.25) is 0 Å². The van der Waals surface area contributed by atoms with Crippen molar-refractivity contribution >= 4 is 33.3 Å². The van der Waals surface area contributed by atoms with Gasteiger partial charge in [0.05, 0.1) is 23.4 Å². The Labute approximate surface area is 202 Å². The zero-order valence-electron chi connectivity index (χ0n) is 19.3. The molecule has 0 spiro atoms. The molecule has 174 valence electrons. The van der Waals surface area contributed by atoms with Gasteiger partial charge in [-0.15, -0.1) is 11.3 Å². The number of anilines is 1. The lowest BCUT2D eigenvalue weighted by atomic mass is 9.96. The molecule has 1 amide bonds. The molecule has 3 aromatic heterocycles. The lowest BCUT2D eigenvalue weighted by Crippen LogP contribution is -2.38. The van der Waals surface area contributed by atoms with E-state index in [1.165, 1.54) is 11.3 Å². The Morgan fingerprint density at radius 1 is 1.24 bits per heavy atom. The van der Waals surface area contributed by atoms with Gasteiger partial charge in [0.1, 0.15) is 22.7 Å². The van der Waals surface area contributed by atoms with Crippen LogP contribution in [0.5, 0.6) is 5.75 Å². The number of carbonyl (C=O) groups is 1. The van der Waals surface area contributed by atoms with Crippen LogP contribution in [0.15, 0.2) is 55.1 Å². The standard InChI is InChI=1S/C26H27N5O2S/c1-17-22-24(28-14-18-7-5-9-20(13-18)33-2)29-16-30-25(22)34-23(17)26(32)31-12-4-3-10-21(31)19-8-6-11-27-15-19/h5-9,11,13,15-16,21H,3-4,10,12,14H2,1-2H3,(H,28,29,30)/t21-/m1/s1. The molecule has 0 unspecified atom stereocenters. The van der Waals surface area contributed by atoms with E-state index >= 15 is 0 Å². The molecule has 4 aromatic rings. The normalized spacial score (nSPS) is 15.9. The zero-order valence-corrected chi connectivity index (χ0v) is 20.1. The van der Waals surface area contributed by atoms with Crippen molar-refractivity contribution in [3.8, 4) is 5.75 Å². The van der Waals surface area contributed by atoms with Gasteiger partial charge in [-0.2, -0.15) is 0 Å². The summed E-state index contributed by atoms with van der Waals surface area (Å²) in [5.74, 6) is 1.62. The quantitative estimate of drug-likeness (QED) is 0.405. The van der Waals surface area contributed by atoms with Gasteiger partial charge in [-0.1, -0.05) is 18.2 Å². The first-order valence-electron chi connectivity index (χ1n) is 11.5. The van der Waals surface area contributed by atoms with Gasteiger partial charge in [-0.3, -0.25) is 9.78 Å². The molecule has 0 bridgehead atoms. The van der Waals surface area contributed by atoms with Gasteiger partial charge < -0.3 is 15.0 Å². The van der Waals surface area contributed by atoms with Crippen molar-refractivity contribution in [1.82, 2.24) is 19.9 Å². The molecule has 7 nitrogen and oxygen atoms in total. The number of nitrogens with zero attached hydrogens (tertiary/aromatic N) is 4. The molecule has 0 saturated carbocycles. The summed E-state index contributed by atoms with van der Waals surface area (Å²) in [6.45, 7) is 3.34. The number of thiophene rings is 1. The second kappa shape index (κ2) is 9.77. The van der Waals surface area contributed by atoms with E-state index in [2.05, 4.69) is 26.3 Å². The predicted octanol–water partition coefficient (Wildman–Crippen LogP) is 5.38. The van der Waals surface area contributed by atoms with Crippen LogP contribution in [0.4, 0.5) is 5.82 Å². The van der Waals surface area contributed by atoms with Gasteiger partial charge in [-0.05, 0) is 61.1 Å². The van der Waals surface area contributed by atoms with Crippen LogP contribution in [0.1, 0.15) is 51.7 Å². The molecule has 34 heavy (non-hydrogen) atoms. The third-order valence-electron chi connectivity index (χ3n) is 6.35. The summed E-state index contributed by atoms with van der Waals surface area (Å²) in [5, 5.41) is 4.34. The van der Waals surface area contributed by atoms with Crippen LogP contribution in [0, 0.1) is 6.92 Å². The Balaban J connectivity index is 1.44. The van der Waals surface area contributed by atoms with Crippen molar-refractivity contribution in [3.63, 3.8) is 0 Å². The van der Waals surface area contributed by atoms with Crippen molar-refractivity contribution in [2.75, 3.05) is 19.0 Å². The minimum absolute atomic E-state index is 0.0521. The number of piperidine rings is 1. The van der Waals surface area contributed by atoms with Crippen LogP contribution in [-0.2, 0) is 6.54 Å². The van der Waals surface area contributed by atoms with Gasteiger partial charge in [0.25, 0.3) is 5.91 Å². The van der Waals surface area contributed by atoms with Crippen molar-refractivity contribution in [3.05, 3.63) is 76.7 Å². The van der Waals surface area contributed by atoms with Crippen LogP contribution >= 0.6 is 11.3 Å². The number of amides is 1. The molecule has 8 heteroatoms. The number of fused-ring (bicyclic) bond motifs is 1. The summed E-state index contributed by atoms with van der Waals surface area (Å²) >= 11 is 1.45. The number of aromatic nitrogens is 3. The second-order valence-corrected chi connectivity index (χ2v) is 9.46. The van der Waals surface area contributed by atoms with Crippen molar-refractivity contribution in [2.45, 2.75) is 38.8 Å². The Morgan fingerprint density at radius 2 is 2.15 bits per heavy atom. The summed E-state index contributed by atoms with van der Waals surface area (Å²) in [7, 11) is 1.66. The molecule has 1 saturated heterocycles. The first kappa shape index (κ1) is 22.3. The summed E-state index contributed by atoms with van der Waals surface area (Å²) in [5.41, 5.74) is 3.10.